The van der Waals surface area contributed by atoms with Gasteiger partial charge in [-0.05, 0) is 44.1 Å². The number of piperidine rings is 1. The molecule has 0 unspecified atom stereocenters. The quantitative estimate of drug-likeness (QED) is 0.884. The highest BCUT2D eigenvalue weighted by Crippen LogP contribution is 2.29. The summed E-state index contributed by atoms with van der Waals surface area (Å²) in [6.07, 6.45) is 2.14. The van der Waals surface area contributed by atoms with E-state index in [9.17, 15) is 4.79 Å². The number of carbonyl (C=O) groups is 1. The van der Waals surface area contributed by atoms with Crippen LogP contribution in [0.4, 0.5) is 5.69 Å². The zero-order valence-electron chi connectivity index (χ0n) is 12.8. The number of anilines is 1. The molecule has 2 N–H and O–H groups in total. The first kappa shape index (κ1) is 16.2. The Morgan fingerprint density at radius 2 is 2.22 bits per heavy atom. The number of benzene rings is 1. The number of hydrogen-bond donors (Lipinski definition) is 2. The molecule has 0 saturated carbocycles. The summed E-state index contributed by atoms with van der Waals surface area (Å²) in [7, 11) is 1.55. The molecule has 0 spiro atoms. The molecule has 1 aliphatic rings. The van der Waals surface area contributed by atoms with Crippen LogP contribution in [0, 0.1) is 0 Å². The normalized spacial score (nSPS) is 15.4. The largest absolute Gasteiger partial charge is 0.495 e. The highest BCUT2D eigenvalue weighted by Gasteiger charge is 2.20. The number of ether oxygens (including phenoxy) is 1. The summed E-state index contributed by atoms with van der Waals surface area (Å²) in [6.45, 7) is 2.02. The minimum Gasteiger partial charge on any atom is -0.495 e. The number of carbonyl (C=O) groups excluding carboxylic acids is 1. The summed E-state index contributed by atoms with van der Waals surface area (Å²) in [5, 5.41) is 9.48. The van der Waals surface area contributed by atoms with Crippen molar-refractivity contribution in [1.29, 1.82) is 0 Å². The van der Waals surface area contributed by atoms with Crippen molar-refractivity contribution in [3.63, 3.8) is 0 Å². The van der Waals surface area contributed by atoms with E-state index in [0.29, 0.717) is 28.1 Å². The first-order valence-corrected chi connectivity index (χ1v) is 8.74. The molecule has 5 nitrogen and oxygen atoms in total. The molecule has 23 heavy (non-hydrogen) atoms. The number of aromatic nitrogens is 1. The van der Waals surface area contributed by atoms with Crippen LogP contribution in [0.3, 0.4) is 0 Å². The first-order valence-electron chi connectivity index (χ1n) is 7.48. The van der Waals surface area contributed by atoms with Crippen LogP contribution >= 0.6 is 22.9 Å². The summed E-state index contributed by atoms with van der Waals surface area (Å²) < 4.78 is 5.10. The molecule has 1 amide bonds. The van der Waals surface area contributed by atoms with Gasteiger partial charge in [0.2, 0.25) is 0 Å². The molecule has 0 aliphatic carbocycles. The number of amides is 1. The lowest BCUT2D eigenvalue weighted by Gasteiger charge is -2.20. The maximum Gasteiger partial charge on any atom is 0.275 e. The van der Waals surface area contributed by atoms with Gasteiger partial charge >= 0.3 is 0 Å². The zero-order chi connectivity index (χ0) is 16.2. The number of rotatable bonds is 4. The monoisotopic (exact) mass is 351 g/mol. The lowest BCUT2D eigenvalue weighted by atomic mass is 9.99. The van der Waals surface area contributed by atoms with E-state index in [4.69, 9.17) is 16.3 Å². The second-order valence-electron chi connectivity index (χ2n) is 5.40. The van der Waals surface area contributed by atoms with Crippen molar-refractivity contribution >= 4 is 34.5 Å². The minimum atomic E-state index is -0.220. The summed E-state index contributed by atoms with van der Waals surface area (Å²) in [5.74, 6) is 0.812. The van der Waals surface area contributed by atoms with Crippen molar-refractivity contribution < 1.29 is 9.53 Å². The Morgan fingerprint density at radius 3 is 2.91 bits per heavy atom. The minimum absolute atomic E-state index is 0.220. The van der Waals surface area contributed by atoms with Gasteiger partial charge in [-0.3, -0.25) is 4.79 Å². The predicted molar refractivity (Wildman–Crippen MR) is 92.9 cm³/mol. The smallest absolute Gasteiger partial charge is 0.275 e. The summed E-state index contributed by atoms with van der Waals surface area (Å²) in [6, 6.07) is 5.14. The van der Waals surface area contributed by atoms with E-state index >= 15 is 0 Å². The van der Waals surface area contributed by atoms with E-state index in [1.54, 1.807) is 36.6 Å². The molecule has 2 aromatic rings. The maximum absolute atomic E-state index is 12.3. The van der Waals surface area contributed by atoms with Crippen molar-refractivity contribution in [2.45, 2.75) is 18.8 Å². The number of nitrogens with zero attached hydrogens (tertiary/aromatic N) is 1. The fraction of sp³-hybridized carbons (Fsp3) is 0.375. The second-order valence-corrected chi connectivity index (χ2v) is 6.70. The Morgan fingerprint density at radius 1 is 1.43 bits per heavy atom. The SMILES string of the molecule is COc1ccc(NC(=O)c2csc(C3CCNCC3)n2)cc1Cl. The van der Waals surface area contributed by atoms with Gasteiger partial charge < -0.3 is 15.4 Å². The number of nitrogens with one attached hydrogen (secondary N) is 2. The Balaban J connectivity index is 1.68. The van der Waals surface area contributed by atoms with Crippen LogP contribution in [0.1, 0.15) is 34.3 Å². The fourth-order valence-electron chi connectivity index (χ4n) is 2.59. The van der Waals surface area contributed by atoms with Crippen LogP contribution in [0.5, 0.6) is 5.75 Å². The van der Waals surface area contributed by atoms with Gasteiger partial charge in [-0.25, -0.2) is 4.98 Å². The zero-order valence-corrected chi connectivity index (χ0v) is 14.3. The van der Waals surface area contributed by atoms with Crippen molar-refractivity contribution in [3.8, 4) is 5.75 Å². The molecule has 3 rings (SSSR count). The van der Waals surface area contributed by atoms with Crippen LogP contribution in [0.25, 0.3) is 0 Å². The summed E-state index contributed by atoms with van der Waals surface area (Å²) >= 11 is 7.63. The topological polar surface area (TPSA) is 63.2 Å². The van der Waals surface area contributed by atoms with Crippen LogP contribution in [0.2, 0.25) is 5.02 Å². The van der Waals surface area contributed by atoms with Gasteiger partial charge in [-0.2, -0.15) is 0 Å². The Kier molecular flexibility index (Phi) is 5.15. The molecule has 1 fully saturated rings. The molecule has 0 atom stereocenters. The molecule has 2 heterocycles. The van der Waals surface area contributed by atoms with Crippen molar-refractivity contribution in [2.24, 2.45) is 0 Å². The molecule has 122 valence electrons. The van der Waals surface area contributed by atoms with Crippen LogP contribution in [-0.4, -0.2) is 31.1 Å². The van der Waals surface area contributed by atoms with Crippen LogP contribution in [-0.2, 0) is 0 Å². The third-order valence-electron chi connectivity index (χ3n) is 3.85. The molecular weight excluding hydrogens is 334 g/mol. The number of hydrogen-bond acceptors (Lipinski definition) is 5. The number of thiazole rings is 1. The Bertz CT molecular complexity index is 698. The molecule has 1 aromatic carbocycles. The van der Waals surface area contributed by atoms with E-state index in [2.05, 4.69) is 15.6 Å². The third-order valence-corrected chi connectivity index (χ3v) is 5.16. The molecule has 7 heteroatoms. The van der Waals surface area contributed by atoms with Gasteiger partial charge in [0.05, 0.1) is 17.1 Å². The van der Waals surface area contributed by atoms with Gasteiger partial charge in [0, 0.05) is 17.0 Å². The van der Waals surface area contributed by atoms with Gasteiger partial charge in [0.15, 0.2) is 0 Å². The third kappa shape index (κ3) is 3.83. The molecule has 0 radical (unpaired) electrons. The standard InChI is InChI=1S/C16H18ClN3O2S/c1-22-14-3-2-11(8-12(14)17)19-15(21)13-9-23-16(20-13)10-4-6-18-7-5-10/h2-3,8-10,18H,4-7H2,1H3,(H,19,21). The lowest BCUT2D eigenvalue weighted by Crippen LogP contribution is -2.26. The van der Waals surface area contributed by atoms with Crippen LogP contribution < -0.4 is 15.4 Å². The second kappa shape index (κ2) is 7.29. The number of halogens is 1. The van der Waals surface area contributed by atoms with E-state index in [0.717, 1.165) is 30.9 Å². The molecular formula is C16H18ClN3O2S. The highest BCUT2D eigenvalue weighted by atomic mass is 35.5. The summed E-state index contributed by atoms with van der Waals surface area (Å²) in [4.78, 5) is 16.8. The van der Waals surface area contributed by atoms with Crippen molar-refractivity contribution in [1.82, 2.24) is 10.3 Å². The molecule has 1 aliphatic heterocycles. The first-order chi connectivity index (χ1) is 11.2. The maximum atomic E-state index is 12.3. The van der Waals surface area contributed by atoms with E-state index in [1.165, 1.54) is 0 Å². The van der Waals surface area contributed by atoms with Gasteiger partial charge in [-0.15, -0.1) is 11.3 Å². The predicted octanol–water partition coefficient (Wildman–Crippen LogP) is 3.52. The van der Waals surface area contributed by atoms with E-state index in [-0.39, 0.29) is 5.91 Å². The lowest BCUT2D eigenvalue weighted by molar-refractivity contribution is 0.102. The van der Waals surface area contributed by atoms with Crippen molar-refractivity contribution in [2.75, 3.05) is 25.5 Å². The molecule has 0 bridgehead atoms. The molecule has 1 aromatic heterocycles. The fourth-order valence-corrected chi connectivity index (χ4v) is 3.82. The Labute approximate surface area is 144 Å². The van der Waals surface area contributed by atoms with Crippen LogP contribution in [0.15, 0.2) is 23.6 Å². The van der Waals surface area contributed by atoms with E-state index < -0.39 is 0 Å². The van der Waals surface area contributed by atoms with Gasteiger partial charge in [0.25, 0.3) is 5.91 Å². The average Bonchev–Trinajstić information content (AvgIpc) is 3.06. The van der Waals surface area contributed by atoms with Gasteiger partial charge in [-0.1, -0.05) is 11.6 Å². The Hall–Kier alpha value is -1.63. The summed E-state index contributed by atoms with van der Waals surface area (Å²) in [5.41, 5.74) is 1.08. The molecule has 1 saturated heterocycles. The highest BCUT2D eigenvalue weighted by molar-refractivity contribution is 7.09. The average molecular weight is 352 g/mol. The van der Waals surface area contributed by atoms with E-state index in [1.807, 2.05) is 5.38 Å². The number of methoxy groups -OCH3 is 1. The van der Waals surface area contributed by atoms with Crippen molar-refractivity contribution in [3.05, 3.63) is 39.3 Å². The van der Waals surface area contributed by atoms with Gasteiger partial charge in [0.1, 0.15) is 11.4 Å².